The third kappa shape index (κ3) is 4.35. The first-order valence-corrected chi connectivity index (χ1v) is 9.60. The fourth-order valence-corrected chi connectivity index (χ4v) is 3.40. The van der Waals surface area contributed by atoms with Gasteiger partial charge in [0.15, 0.2) is 0 Å². The van der Waals surface area contributed by atoms with Gasteiger partial charge in [0.05, 0.1) is 16.9 Å². The van der Waals surface area contributed by atoms with Crippen LogP contribution in [0.15, 0.2) is 85.1 Å². The number of fused-ring (bicyclic) bond motifs is 1. The van der Waals surface area contributed by atoms with E-state index in [1.165, 1.54) is 28.8 Å². The summed E-state index contributed by atoms with van der Waals surface area (Å²) in [6, 6.07) is 22.1. The molecule has 7 heteroatoms. The quantitative estimate of drug-likeness (QED) is 0.263. The third-order valence-electron chi connectivity index (χ3n) is 4.89. The van der Waals surface area contributed by atoms with Crippen molar-refractivity contribution in [1.29, 1.82) is 0 Å². The van der Waals surface area contributed by atoms with Gasteiger partial charge in [-0.2, -0.15) is 0 Å². The molecule has 0 bridgehead atoms. The second kappa shape index (κ2) is 8.62. The molecule has 0 unspecified atom stereocenters. The molecule has 0 fully saturated rings. The zero-order chi connectivity index (χ0) is 21.8. The second-order valence-corrected chi connectivity index (χ2v) is 6.98. The lowest BCUT2D eigenvalue weighted by molar-refractivity contribution is -0.384. The molecule has 0 atom stereocenters. The molecule has 154 valence electrons. The lowest BCUT2D eigenvalue weighted by Gasteiger charge is -2.04. The largest absolute Gasteiger partial charge is 0.461 e. The van der Waals surface area contributed by atoms with Crippen LogP contribution in [0.1, 0.15) is 21.5 Å². The van der Waals surface area contributed by atoms with E-state index in [4.69, 9.17) is 4.74 Å². The highest BCUT2D eigenvalue weighted by molar-refractivity contribution is 6.03. The first-order chi connectivity index (χ1) is 15.0. The van der Waals surface area contributed by atoms with Crippen LogP contribution in [-0.2, 0) is 22.6 Å². The van der Waals surface area contributed by atoms with Crippen LogP contribution in [-0.4, -0.2) is 21.4 Å². The molecule has 1 heterocycles. The average Bonchev–Trinajstić information content (AvgIpc) is 3.16. The Morgan fingerprint density at radius 1 is 0.935 bits per heavy atom. The summed E-state index contributed by atoms with van der Waals surface area (Å²) in [5, 5.41) is 11.8. The van der Waals surface area contributed by atoms with Gasteiger partial charge in [-0.25, -0.2) is 0 Å². The molecule has 0 amide bonds. The summed E-state index contributed by atoms with van der Waals surface area (Å²) in [5.74, 6) is -0.821. The summed E-state index contributed by atoms with van der Waals surface area (Å²) < 4.78 is 6.78. The van der Waals surface area contributed by atoms with Crippen molar-refractivity contribution in [1.82, 2.24) is 4.57 Å². The van der Waals surface area contributed by atoms with Gasteiger partial charge in [0.1, 0.15) is 6.61 Å². The number of para-hydroxylation sites is 1. The fraction of sp³-hybridized carbons (Fsp3) is 0.0833. The summed E-state index contributed by atoms with van der Waals surface area (Å²) in [6.07, 6.45) is 1.60. The van der Waals surface area contributed by atoms with Gasteiger partial charge in [-0.3, -0.25) is 24.3 Å². The Balaban J connectivity index is 1.60. The highest BCUT2D eigenvalue weighted by Crippen LogP contribution is 2.24. The SMILES string of the molecule is O=C(Cc1cn(C(=O)c2cccc([N+](=O)[O-])c2)c2ccccc12)OCc1ccccc1. The average molecular weight is 414 g/mol. The van der Waals surface area contributed by atoms with Crippen LogP contribution in [0.5, 0.6) is 0 Å². The van der Waals surface area contributed by atoms with Gasteiger partial charge in [-0.05, 0) is 23.3 Å². The lowest BCUT2D eigenvalue weighted by Crippen LogP contribution is -2.11. The molecular formula is C24H18N2O5. The summed E-state index contributed by atoms with van der Waals surface area (Å²) in [5.41, 5.74) is 2.18. The van der Waals surface area contributed by atoms with Crippen LogP contribution in [0.3, 0.4) is 0 Å². The number of hydrogen-bond donors (Lipinski definition) is 0. The zero-order valence-electron chi connectivity index (χ0n) is 16.4. The van der Waals surface area contributed by atoms with Crippen LogP contribution < -0.4 is 0 Å². The van der Waals surface area contributed by atoms with Gasteiger partial charge in [0.2, 0.25) is 0 Å². The molecule has 4 aromatic rings. The predicted octanol–water partition coefficient (Wildman–Crippen LogP) is 4.52. The summed E-state index contributed by atoms with van der Waals surface area (Å²) in [4.78, 5) is 36.0. The molecule has 0 saturated heterocycles. The molecule has 0 spiro atoms. The van der Waals surface area contributed by atoms with E-state index < -0.39 is 16.8 Å². The number of nitrogens with zero attached hydrogens (tertiary/aromatic N) is 2. The van der Waals surface area contributed by atoms with Gasteiger partial charge in [-0.15, -0.1) is 0 Å². The van der Waals surface area contributed by atoms with Crippen molar-refractivity contribution in [2.45, 2.75) is 13.0 Å². The lowest BCUT2D eigenvalue weighted by atomic mass is 10.1. The molecule has 3 aromatic carbocycles. The molecule has 1 aromatic heterocycles. The van der Waals surface area contributed by atoms with Crippen LogP contribution in [0, 0.1) is 10.1 Å². The Kier molecular flexibility index (Phi) is 5.57. The number of rotatable bonds is 6. The Bertz CT molecular complexity index is 1280. The second-order valence-electron chi connectivity index (χ2n) is 6.98. The van der Waals surface area contributed by atoms with E-state index in [2.05, 4.69) is 0 Å². The molecule has 0 radical (unpaired) electrons. The normalized spacial score (nSPS) is 10.7. The Labute approximate surface area is 177 Å². The Morgan fingerprint density at radius 3 is 2.45 bits per heavy atom. The summed E-state index contributed by atoms with van der Waals surface area (Å²) in [6.45, 7) is 0.172. The molecule has 0 aliphatic heterocycles. The minimum absolute atomic E-state index is 0.00254. The number of esters is 1. The summed E-state index contributed by atoms with van der Waals surface area (Å²) >= 11 is 0. The Hall–Kier alpha value is -4.26. The highest BCUT2D eigenvalue weighted by atomic mass is 16.6. The van der Waals surface area contributed by atoms with Crippen LogP contribution in [0.2, 0.25) is 0 Å². The molecule has 7 nitrogen and oxygen atoms in total. The number of ether oxygens (including phenoxy) is 1. The molecule has 0 aliphatic carbocycles. The first kappa shape index (κ1) is 20.0. The van der Waals surface area contributed by atoms with Crippen molar-refractivity contribution in [2.24, 2.45) is 0 Å². The van der Waals surface area contributed by atoms with Gasteiger partial charge >= 0.3 is 5.97 Å². The fourth-order valence-electron chi connectivity index (χ4n) is 3.40. The Morgan fingerprint density at radius 2 is 1.68 bits per heavy atom. The van der Waals surface area contributed by atoms with Crippen molar-refractivity contribution in [3.8, 4) is 0 Å². The number of carbonyl (C=O) groups is 2. The van der Waals surface area contributed by atoms with Gasteiger partial charge in [-0.1, -0.05) is 54.6 Å². The molecule has 0 saturated carbocycles. The zero-order valence-corrected chi connectivity index (χ0v) is 16.4. The first-order valence-electron chi connectivity index (χ1n) is 9.60. The van der Waals surface area contributed by atoms with E-state index in [1.807, 2.05) is 42.5 Å². The maximum atomic E-state index is 13.1. The van der Waals surface area contributed by atoms with Crippen LogP contribution >= 0.6 is 0 Å². The molecular weight excluding hydrogens is 396 g/mol. The molecule has 31 heavy (non-hydrogen) atoms. The van der Waals surface area contributed by atoms with Crippen LogP contribution in [0.25, 0.3) is 10.9 Å². The highest BCUT2D eigenvalue weighted by Gasteiger charge is 2.19. The summed E-state index contributed by atoms with van der Waals surface area (Å²) in [7, 11) is 0. The van der Waals surface area contributed by atoms with Gasteiger partial charge < -0.3 is 4.74 Å². The van der Waals surface area contributed by atoms with Crippen molar-refractivity contribution < 1.29 is 19.2 Å². The van der Waals surface area contributed by atoms with Gasteiger partial charge in [0.25, 0.3) is 11.6 Å². The standard InChI is InChI=1S/C24H18N2O5/c27-23(31-16-17-7-2-1-3-8-17)14-19-15-25(22-12-5-4-11-21(19)22)24(28)18-9-6-10-20(13-18)26(29)30/h1-13,15H,14,16H2. The molecule has 0 aliphatic rings. The molecule has 0 N–H and O–H groups in total. The number of benzene rings is 3. The van der Waals surface area contributed by atoms with Crippen molar-refractivity contribution in [3.63, 3.8) is 0 Å². The topological polar surface area (TPSA) is 91.4 Å². The van der Waals surface area contributed by atoms with E-state index in [0.717, 1.165) is 10.9 Å². The number of nitro groups is 1. The number of carbonyl (C=O) groups excluding carboxylic acids is 2. The maximum Gasteiger partial charge on any atom is 0.310 e. The van der Waals surface area contributed by atoms with Crippen molar-refractivity contribution >= 4 is 28.5 Å². The minimum Gasteiger partial charge on any atom is -0.461 e. The minimum atomic E-state index is -0.543. The smallest absolute Gasteiger partial charge is 0.310 e. The monoisotopic (exact) mass is 414 g/mol. The van der Waals surface area contributed by atoms with Crippen molar-refractivity contribution in [2.75, 3.05) is 0 Å². The van der Waals surface area contributed by atoms with E-state index in [1.54, 1.807) is 18.3 Å². The van der Waals surface area contributed by atoms with E-state index in [0.29, 0.717) is 11.1 Å². The van der Waals surface area contributed by atoms with Crippen molar-refractivity contribution in [3.05, 3.63) is 112 Å². The van der Waals surface area contributed by atoms with E-state index >= 15 is 0 Å². The van der Waals surface area contributed by atoms with Gasteiger partial charge in [0, 0.05) is 29.3 Å². The maximum absolute atomic E-state index is 13.1. The molecule has 4 rings (SSSR count). The predicted molar refractivity (Wildman–Crippen MR) is 115 cm³/mol. The van der Waals surface area contributed by atoms with Crippen LogP contribution in [0.4, 0.5) is 5.69 Å². The number of aromatic nitrogens is 1. The number of nitro benzene ring substituents is 1. The number of non-ortho nitro benzene ring substituents is 1. The third-order valence-corrected chi connectivity index (χ3v) is 4.89. The van der Waals surface area contributed by atoms with E-state index in [-0.39, 0.29) is 24.3 Å². The van der Waals surface area contributed by atoms with E-state index in [9.17, 15) is 19.7 Å². The number of hydrogen-bond acceptors (Lipinski definition) is 5.